The molecule has 2 nitrogen and oxygen atoms in total. The van der Waals surface area contributed by atoms with Crippen LogP contribution in [0.1, 0.15) is 42.6 Å². The first-order valence-electron chi connectivity index (χ1n) is 6.59. The highest BCUT2D eigenvalue weighted by Gasteiger charge is 2.12. The Labute approximate surface area is 109 Å². The van der Waals surface area contributed by atoms with Gasteiger partial charge in [0.25, 0.3) is 0 Å². The lowest BCUT2D eigenvalue weighted by atomic mass is 9.93. The fourth-order valence-electron chi connectivity index (χ4n) is 2.37. The number of carbonyl (C=O) groups excluding carboxylic acids is 1. The van der Waals surface area contributed by atoms with Crippen molar-refractivity contribution in [1.82, 2.24) is 4.98 Å². The molecule has 0 saturated heterocycles. The number of ketones is 1. The lowest BCUT2D eigenvalue weighted by Crippen LogP contribution is -2.09. The van der Waals surface area contributed by atoms with Gasteiger partial charge in [0.15, 0.2) is 13.6 Å². The summed E-state index contributed by atoms with van der Waals surface area (Å²) in [6, 6.07) is 7.99. The molecule has 0 N–H and O–H groups in total. The van der Waals surface area contributed by atoms with E-state index in [4.69, 9.17) is 0 Å². The van der Waals surface area contributed by atoms with Crippen LogP contribution >= 0.6 is 0 Å². The summed E-state index contributed by atoms with van der Waals surface area (Å²) in [6.07, 6.45) is 2.39. The molecule has 0 saturated carbocycles. The predicted octanol–water partition coefficient (Wildman–Crippen LogP) is 2.04. The smallest absolute Gasteiger partial charge is 0.163 e. The molecule has 0 fully saturated rings. The van der Waals surface area contributed by atoms with E-state index in [1.165, 1.54) is 0 Å². The van der Waals surface area contributed by atoms with E-state index < -0.39 is 0 Å². The lowest BCUT2D eigenvalue weighted by Gasteiger charge is -2.10. The predicted molar refractivity (Wildman–Crippen MR) is 78.5 cm³/mol. The number of aromatic nitrogens is 1. The van der Waals surface area contributed by atoms with Crippen molar-refractivity contribution in [2.75, 3.05) is 0 Å². The van der Waals surface area contributed by atoms with Crippen LogP contribution in [0.4, 0.5) is 0 Å². The van der Waals surface area contributed by atoms with E-state index in [1.54, 1.807) is 0 Å². The highest BCUT2D eigenvalue weighted by molar-refractivity contribution is 6.31. The molecular weight excluding hydrogens is 221 g/mol. The van der Waals surface area contributed by atoms with E-state index in [-0.39, 0.29) is 5.78 Å². The van der Waals surface area contributed by atoms with Gasteiger partial charge < -0.3 is 0 Å². The molecule has 2 aromatic rings. The molecule has 1 heterocycles. The second-order valence-corrected chi connectivity index (χ2v) is 4.64. The molecule has 0 spiro atoms. The van der Waals surface area contributed by atoms with Crippen LogP contribution < -0.4 is 5.59 Å². The maximum atomic E-state index is 12.1. The van der Waals surface area contributed by atoms with Crippen LogP contribution in [-0.2, 0) is 6.42 Å². The minimum Gasteiger partial charge on any atom is -0.294 e. The van der Waals surface area contributed by atoms with Crippen molar-refractivity contribution < 1.29 is 4.79 Å². The molecule has 1 aromatic heterocycles. The van der Waals surface area contributed by atoms with Gasteiger partial charge in [-0.3, -0.25) is 9.78 Å². The summed E-state index contributed by atoms with van der Waals surface area (Å²) in [5.41, 5.74) is 4.01. The number of fused-ring (bicyclic) bond motifs is 1. The monoisotopic (exact) mass is 239 g/mol. The van der Waals surface area contributed by atoms with Crippen LogP contribution in [0.25, 0.3) is 10.9 Å². The maximum Gasteiger partial charge on any atom is 0.163 e. The van der Waals surface area contributed by atoms with Gasteiger partial charge in [-0.2, -0.15) is 0 Å². The van der Waals surface area contributed by atoms with Crippen LogP contribution in [0, 0.1) is 0 Å². The average molecular weight is 239 g/mol. The summed E-state index contributed by atoms with van der Waals surface area (Å²) >= 11 is 0. The molecular formula is C15H18BNO. The van der Waals surface area contributed by atoms with Crippen molar-refractivity contribution in [3.63, 3.8) is 0 Å². The Balaban J connectivity index is 2.62. The number of nitrogens with zero attached hydrogens (tertiary/aromatic N) is 1. The standard InChI is InChI=1S/C15H18BNO/c1-3-5-14(18)12-6-8-13-11(10(12)4-2)7-9-15(16)17-13/h6-9H,3-5,16H2,1-2H3. The summed E-state index contributed by atoms with van der Waals surface area (Å²) in [5.74, 6) is 0.247. The summed E-state index contributed by atoms with van der Waals surface area (Å²) in [7, 11) is 1.99. The second kappa shape index (κ2) is 5.34. The van der Waals surface area contributed by atoms with Crippen LogP contribution in [0.15, 0.2) is 24.3 Å². The number of pyridine rings is 1. The third-order valence-corrected chi connectivity index (χ3v) is 3.25. The number of hydrogen-bond acceptors (Lipinski definition) is 2. The van der Waals surface area contributed by atoms with Crippen LogP contribution in [0.2, 0.25) is 0 Å². The lowest BCUT2D eigenvalue weighted by molar-refractivity contribution is 0.0981. The molecule has 0 aliphatic carbocycles. The first-order valence-corrected chi connectivity index (χ1v) is 6.59. The Morgan fingerprint density at radius 3 is 2.67 bits per heavy atom. The van der Waals surface area contributed by atoms with E-state index in [2.05, 4.69) is 18.0 Å². The second-order valence-electron chi connectivity index (χ2n) is 4.64. The zero-order valence-electron chi connectivity index (χ0n) is 11.3. The van der Waals surface area contributed by atoms with Crippen molar-refractivity contribution in [1.29, 1.82) is 0 Å². The maximum absolute atomic E-state index is 12.1. The molecule has 18 heavy (non-hydrogen) atoms. The van der Waals surface area contributed by atoms with Crippen LogP contribution in [-0.4, -0.2) is 18.6 Å². The minimum absolute atomic E-state index is 0.247. The third kappa shape index (κ3) is 2.30. The minimum atomic E-state index is 0.247. The normalized spacial score (nSPS) is 10.8. The van der Waals surface area contributed by atoms with Gasteiger partial charge in [-0.05, 0) is 36.1 Å². The van der Waals surface area contributed by atoms with Crippen molar-refractivity contribution >= 4 is 30.1 Å². The van der Waals surface area contributed by atoms with E-state index >= 15 is 0 Å². The molecule has 92 valence electrons. The van der Waals surface area contributed by atoms with Gasteiger partial charge in [-0.25, -0.2) is 0 Å². The van der Waals surface area contributed by atoms with Crippen LogP contribution in [0.3, 0.4) is 0 Å². The zero-order chi connectivity index (χ0) is 13.1. The molecule has 2 rings (SSSR count). The number of Topliss-reactive ketones (excluding diaryl/α,β-unsaturated/α-hetero) is 1. The number of aryl methyl sites for hydroxylation is 1. The third-order valence-electron chi connectivity index (χ3n) is 3.25. The van der Waals surface area contributed by atoms with Crippen molar-refractivity contribution in [2.45, 2.75) is 33.1 Å². The number of benzene rings is 1. The summed E-state index contributed by atoms with van der Waals surface area (Å²) < 4.78 is 0. The SMILES string of the molecule is Bc1ccc2c(CC)c(C(=O)CCC)ccc2n1. The van der Waals surface area contributed by atoms with Gasteiger partial charge >= 0.3 is 0 Å². The average Bonchev–Trinajstić information content (AvgIpc) is 2.37. The van der Waals surface area contributed by atoms with E-state index in [0.29, 0.717) is 6.42 Å². The fraction of sp³-hybridized carbons (Fsp3) is 0.333. The topological polar surface area (TPSA) is 30.0 Å². The van der Waals surface area contributed by atoms with Gasteiger partial charge in [0.05, 0.1) is 5.52 Å². The molecule has 0 bridgehead atoms. The molecule has 0 radical (unpaired) electrons. The molecule has 3 heteroatoms. The Morgan fingerprint density at radius 1 is 1.22 bits per heavy atom. The van der Waals surface area contributed by atoms with Crippen LogP contribution in [0.5, 0.6) is 0 Å². The van der Waals surface area contributed by atoms with Gasteiger partial charge in [0.1, 0.15) is 0 Å². The van der Waals surface area contributed by atoms with Gasteiger partial charge in [0.2, 0.25) is 0 Å². The molecule has 1 aromatic carbocycles. The van der Waals surface area contributed by atoms with E-state index in [0.717, 1.165) is 40.5 Å². The quantitative estimate of drug-likeness (QED) is 0.603. The molecule has 0 aliphatic heterocycles. The Morgan fingerprint density at radius 2 is 2.00 bits per heavy atom. The number of rotatable bonds is 4. The summed E-state index contributed by atoms with van der Waals surface area (Å²) in [4.78, 5) is 16.6. The van der Waals surface area contributed by atoms with Gasteiger partial charge in [-0.15, -0.1) is 0 Å². The number of hydrogen-bond donors (Lipinski definition) is 0. The molecule has 0 aliphatic rings. The number of carbonyl (C=O) groups is 1. The first kappa shape index (κ1) is 12.8. The largest absolute Gasteiger partial charge is 0.294 e. The highest BCUT2D eigenvalue weighted by atomic mass is 16.1. The Bertz CT molecular complexity index is 592. The van der Waals surface area contributed by atoms with Gasteiger partial charge in [-0.1, -0.05) is 26.0 Å². The Hall–Kier alpha value is -1.64. The van der Waals surface area contributed by atoms with E-state index in [1.807, 2.05) is 33.0 Å². The first-order chi connectivity index (χ1) is 8.67. The molecule has 0 unspecified atom stereocenters. The summed E-state index contributed by atoms with van der Waals surface area (Å²) in [5, 5.41) is 1.12. The Kier molecular flexibility index (Phi) is 3.80. The van der Waals surface area contributed by atoms with Crippen molar-refractivity contribution in [2.24, 2.45) is 0 Å². The van der Waals surface area contributed by atoms with Crippen molar-refractivity contribution in [3.05, 3.63) is 35.4 Å². The fourth-order valence-corrected chi connectivity index (χ4v) is 2.37. The molecule has 0 atom stereocenters. The highest BCUT2D eigenvalue weighted by Crippen LogP contribution is 2.22. The zero-order valence-corrected chi connectivity index (χ0v) is 11.3. The summed E-state index contributed by atoms with van der Waals surface area (Å²) in [6.45, 7) is 4.13. The van der Waals surface area contributed by atoms with E-state index in [9.17, 15) is 4.79 Å². The van der Waals surface area contributed by atoms with Gasteiger partial charge in [0, 0.05) is 17.4 Å². The molecule has 0 amide bonds. The van der Waals surface area contributed by atoms with Crippen molar-refractivity contribution in [3.8, 4) is 0 Å².